The van der Waals surface area contributed by atoms with Crippen molar-refractivity contribution < 1.29 is 4.74 Å². The van der Waals surface area contributed by atoms with E-state index in [1.807, 2.05) is 12.3 Å². The van der Waals surface area contributed by atoms with Gasteiger partial charge < -0.3 is 10.1 Å². The summed E-state index contributed by atoms with van der Waals surface area (Å²) in [5.74, 6) is 2.68. The molecule has 26 heavy (non-hydrogen) atoms. The molecule has 2 atom stereocenters. The summed E-state index contributed by atoms with van der Waals surface area (Å²) >= 11 is 0. The Balaban J connectivity index is 0.00000196. The maximum atomic E-state index is 6.34. The molecule has 0 unspecified atom stereocenters. The van der Waals surface area contributed by atoms with Gasteiger partial charge in [-0.05, 0) is 49.4 Å². The highest BCUT2D eigenvalue weighted by Gasteiger charge is 2.28. The van der Waals surface area contributed by atoms with Crippen molar-refractivity contribution in [3.8, 4) is 5.75 Å². The standard InChI is InChI=1S/C22H28N2O.ClH/c1-2-7-17(8-3-1)20-12-14-23-15-19(20)16-25-21-11-6-13-24-22(21)18-9-4-5-10-18;/h1-3,6-8,11,13,18-20,23H,4-5,9-10,12,14-16H2;1H/t19-,20-;/m1./s1. The molecule has 1 aromatic carbocycles. The molecule has 1 aromatic heterocycles. The summed E-state index contributed by atoms with van der Waals surface area (Å²) in [7, 11) is 0. The van der Waals surface area contributed by atoms with Crippen molar-refractivity contribution in [2.45, 2.75) is 43.9 Å². The zero-order chi connectivity index (χ0) is 16.9. The molecule has 1 aliphatic carbocycles. The molecule has 1 N–H and O–H groups in total. The topological polar surface area (TPSA) is 34.1 Å². The number of piperidine rings is 1. The number of pyridine rings is 1. The molecule has 1 aliphatic heterocycles. The third kappa shape index (κ3) is 4.39. The Morgan fingerprint density at radius 3 is 2.62 bits per heavy atom. The Bertz CT molecular complexity index is 673. The summed E-state index contributed by atoms with van der Waals surface area (Å²) < 4.78 is 6.34. The van der Waals surface area contributed by atoms with Gasteiger partial charge in [0.2, 0.25) is 0 Å². The Labute approximate surface area is 163 Å². The van der Waals surface area contributed by atoms with Gasteiger partial charge in [0.05, 0.1) is 12.3 Å². The highest BCUT2D eigenvalue weighted by atomic mass is 35.5. The average molecular weight is 373 g/mol. The third-order valence-corrected chi connectivity index (χ3v) is 5.83. The molecule has 2 aliphatic rings. The second kappa shape index (κ2) is 9.38. The van der Waals surface area contributed by atoms with E-state index in [9.17, 15) is 0 Å². The SMILES string of the molecule is Cl.c1ccc([C@H]2CCNC[C@@H]2COc2cccnc2C2CCCC2)cc1. The van der Waals surface area contributed by atoms with E-state index in [2.05, 4.69) is 46.7 Å². The van der Waals surface area contributed by atoms with Crippen LogP contribution in [-0.4, -0.2) is 24.7 Å². The van der Waals surface area contributed by atoms with Crippen LogP contribution < -0.4 is 10.1 Å². The molecule has 3 nitrogen and oxygen atoms in total. The first kappa shape index (κ1) is 19.2. The number of hydrogen-bond donors (Lipinski definition) is 1. The van der Waals surface area contributed by atoms with Crippen LogP contribution in [0.25, 0.3) is 0 Å². The van der Waals surface area contributed by atoms with Crippen molar-refractivity contribution in [1.29, 1.82) is 0 Å². The molecular formula is C22H29ClN2O. The van der Waals surface area contributed by atoms with Gasteiger partial charge >= 0.3 is 0 Å². The van der Waals surface area contributed by atoms with Crippen LogP contribution in [0.15, 0.2) is 48.7 Å². The lowest BCUT2D eigenvalue weighted by molar-refractivity contribution is 0.194. The number of benzene rings is 1. The van der Waals surface area contributed by atoms with Crippen molar-refractivity contribution in [3.05, 3.63) is 59.9 Å². The summed E-state index contributed by atoms with van der Waals surface area (Å²) in [6, 6.07) is 15.0. The lowest BCUT2D eigenvalue weighted by atomic mass is 9.81. The predicted octanol–water partition coefficient (Wildman–Crippen LogP) is 4.93. The van der Waals surface area contributed by atoms with Crippen LogP contribution in [0.3, 0.4) is 0 Å². The summed E-state index contributed by atoms with van der Waals surface area (Å²) in [6.07, 6.45) is 8.25. The fourth-order valence-corrected chi connectivity index (χ4v) is 4.46. The third-order valence-electron chi connectivity index (χ3n) is 5.83. The van der Waals surface area contributed by atoms with Gasteiger partial charge in [-0.15, -0.1) is 12.4 Å². The van der Waals surface area contributed by atoms with E-state index in [-0.39, 0.29) is 12.4 Å². The number of halogens is 1. The first-order valence-corrected chi connectivity index (χ1v) is 9.75. The van der Waals surface area contributed by atoms with E-state index in [1.165, 1.54) is 43.4 Å². The van der Waals surface area contributed by atoms with Crippen LogP contribution in [-0.2, 0) is 0 Å². The first-order valence-electron chi connectivity index (χ1n) is 9.75. The molecule has 1 saturated heterocycles. The number of nitrogens with one attached hydrogen (secondary N) is 1. The summed E-state index contributed by atoms with van der Waals surface area (Å²) in [6.45, 7) is 2.88. The van der Waals surface area contributed by atoms with E-state index < -0.39 is 0 Å². The van der Waals surface area contributed by atoms with Crippen molar-refractivity contribution in [3.63, 3.8) is 0 Å². The van der Waals surface area contributed by atoms with Crippen LogP contribution >= 0.6 is 12.4 Å². The van der Waals surface area contributed by atoms with Crippen LogP contribution in [0.5, 0.6) is 5.75 Å². The molecule has 140 valence electrons. The minimum Gasteiger partial charge on any atom is -0.491 e. The molecule has 0 bridgehead atoms. The molecule has 2 heterocycles. The molecule has 0 amide bonds. The first-order chi connectivity index (χ1) is 12.4. The number of rotatable bonds is 5. The molecule has 2 fully saturated rings. The van der Waals surface area contributed by atoms with Crippen LogP contribution in [0, 0.1) is 5.92 Å². The minimum absolute atomic E-state index is 0. The molecule has 4 rings (SSSR count). The van der Waals surface area contributed by atoms with Crippen molar-refractivity contribution >= 4 is 12.4 Å². The van der Waals surface area contributed by atoms with E-state index in [4.69, 9.17) is 4.74 Å². The Morgan fingerprint density at radius 2 is 1.81 bits per heavy atom. The lowest BCUT2D eigenvalue weighted by Gasteiger charge is -2.32. The monoisotopic (exact) mass is 372 g/mol. The number of aromatic nitrogens is 1. The number of nitrogens with zero attached hydrogens (tertiary/aromatic N) is 1. The maximum absolute atomic E-state index is 6.34. The average Bonchev–Trinajstić information content (AvgIpc) is 3.22. The molecule has 1 saturated carbocycles. The Kier molecular flexibility index (Phi) is 6.93. The highest BCUT2D eigenvalue weighted by Crippen LogP contribution is 2.38. The molecular weight excluding hydrogens is 344 g/mol. The molecule has 2 aromatic rings. The Hall–Kier alpha value is -1.58. The van der Waals surface area contributed by atoms with E-state index in [0.717, 1.165) is 25.4 Å². The van der Waals surface area contributed by atoms with Gasteiger partial charge in [-0.1, -0.05) is 43.2 Å². The van der Waals surface area contributed by atoms with E-state index in [0.29, 0.717) is 17.8 Å². The quantitative estimate of drug-likeness (QED) is 0.807. The van der Waals surface area contributed by atoms with E-state index in [1.54, 1.807) is 0 Å². The van der Waals surface area contributed by atoms with Crippen LogP contribution in [0.1, 0.15) is 55.2 Å². The van der Waals surface area contributed by atoms with Crippen molar-refractivity contribution in [2.75, 3.05) is 19.7 Å². The number of hydrogen-bond acceptors (Lipinski definition) is 3. The Morgan fingerprint density at radius 1 is 1.00 bits per heavy atom. The second-order valence-electron chi connectivity index (χ2n) is 7.45. The lowest BCUT2D eigenvalue weighted by Crippen LogP contribution is -2.38. The predicted molar refractivity (Wildman–Crippen MR) is 108 cm³/mol. The summed E-state index contributed by atoms with van der Waals surface area (Å²) in [4.78, 5) is 4.66. The minimum atomic E-state index is 0. The largest absolute Gasteiger partial charge is 0.491 e. The number of ether oxygens (including phenoxy) is 1. The van der Waals surface area contributed by atoms with E-state index >= 15 is 0 Å². The molecule has 0 spiro atoms. The van der Waals surface area contributed by atoms with Gasteiger partial charge in [0.25, 0.3) is 0 Å². The van der Waals surface area contributed by atoms with Crippen molar-refractivity contribution in [1.82, 2.24) is 10.3 Å². The fraction of sp³-hybridized carbons (Fsp3) is 0.500. The van der Waals surface area contributed by atoms with Crippen LogP contribution in [0.2, 0.25) is 0 Å². The van der Waals surface area contributed by atoms with Gasteiger partial charge in [-0.2, -0.15) is 0 Å². The van der Waals surface area contributed by atoms with Crippen LogP contribution in [0.4, 0.5) is 0 Å². The molecule has 0 radical (unpaired) electrons. The highest BCUT2D eigenvalue weighted by molar-refractivity contribution is 5.85. The second-order valence-corrected chi connectivity index (χ2v) is 7.45. The van der Waals surface area contributed by atoms with Gasteiger partial charge in [0.15, 0.2) is 0 Å². The maximum Gasteiger partial charge on any atom is 0.141 e. The fourth-order valence-electron chi connectivity index (χ4n) is 4.46. The summed E-state index contributed by atoms with van der Waals surface area (Å²) in [5, 5.41) is 3.54. The normalized spacial score (nSPS) is 23.4. The van der Waals surface area contributed by atoms with Gasteiger partial charge in [0, 0.05) is 24.6 Å². The van der Waals surface area contributed by atoms with Crippen molar-refractivity contribution in [2.24, 2.45) is 5.92 Å². The van der Waals surface area contributed by atoms with Gasteiger partial charge in [-0.25, -0.2) is 0 Å². The molecule has 4 heteroatoms. The van der Waals surface area contributed by atoms with Gasteiger partial charge in [0.1, 0.15) is 5.75 Å². The van der Waals surface area contributed by atoms with Gasteiger partial charge in [-0.3, -0.25) is 4.98 Å². The summed E-state index contributed by atoms with van der Waals surface area (Å²) in [5.41, 5.74) is 2.62. The zero-order valence-corrected chi connectivity index (χ0v) is 16.1. The zero-order valence-electron chi connectivity index (χ0n) is 15.3. The smallest absolute Gasteiger partial charge is 0.141 e.